The molecule has 1 heterocycles. The van der Waals surface area contributed by atoms with Crippen molar-refractivity contribution in [2.45, 2.75) is 39.3 Å². The number of fused-ring (bicyclic) bond motifs is 1. The van der Waals surface area contributed by atoms with E-state index in [1.807, 2.05) is 0 Å². The lowest BCUT2D eigenvalue weighted by Crippen LogP contribution is -2.18. The van der Waals surface area contributed by atoms with E-state index in [2.05, 4.69) is 61.6 Å². The van der Waals surface area contributed by atoms with Gasteiger partial charge in [0, 0.05) is 19.0 Å². The van der Waals surface area contributed by atoms with E-state index in [4.69, 9.17) is 4.74 Å². The maximum Gasteiger partial charge on any atom is 0.122 e. The number of hydrogen-bond acceptors (Lipinski definition) is 2. The highest BCUT2D eigenvalue weighted by molar-refractivity contribution is 5.39. The van der Waals surface area contributed by atoms with Crippen LogP contribution in [0.25, 0.3) is 0 Å². The van der Waals surface area contributed by atoms with Gasteiger partial charge in [0.05, 0.1) is 6.61 Å². The highest BCUT2D eigenvalue weighted by Crippen LogP contribution is 2.26. The minimum Gasteiger partial charge on any atom is -0.493 e. The average molecular weight is 281 g/mol. The average Bonchev–Trinajstić information content (AvgIpc) is 3.00. The van der Waals surface area contributed by atoms with Crippen LogP contribution in [0.4, 0.5) is 0 Å². The molecule has 110 valence electrons. The first-order valence-electron chi connectivity index (χ1n) is 7.83. The standard InChI is InChI=1S/C19H23NO/c1-3-15-4-7-17(8-5-15)14(2)20-13-16-6-9-19-18(12-16)10-11-21-19/h4-9,12,14,20H,3,10-11,13H2,1-2H3. The van der Waals surface area contributed by atoms with E-state index >= 15 is 0 Å². The van der Waals surface area contributed by atoms with Gasteiger partial charge in [-0.25, -0.2) is 0 Å². The van der Waals surface area contributed by atoms with Gasteiger partial charge in [0.1, 0.15) is 5.75 Å². The number of nitrogens with one attached hydrogen (secondary N) is 1. The predicted octanol–water partition coefficient (Wildman–Crippen LogP) is 4.03. The monoisotopic (exact) mass is 281 g/mol. The van der Waals surface area contributed by atoms with Crippen LogP contribution in [0.5, 0.6) is 5.75 Å². The van der Waals surface area contributed by atoms with E-state index in [-0.39, 0.29) is 0 Å². The summed E-state index contributed by atoms with van der Waals surface area (Å²) in [6, 6.07) is 15.8. The van der Waals surface area contributed by atoms with Gasteiger partial charge in [-0.3, -0.25) is 0 Å². The molecule has 1 aliphatic rings. The Hall–Kier alpha value is -1.80. The Morgan fingerprint density at radius 2 is 1.86 bits per heavy atom. The van der Waals surface area contributed by atoms with Crippen LogP contribution in [0.15, 0.2) is 42.5 Å². The van der Waals surface area contributed by atoms with Gasteiger partial charge in [-0.15, -0.1) is 0 Å². The zero-order chi connectivity index (χ0) is 14.7. The highest BCUT2D eigenvalue weighted by atomic mass is 16.5. The molecular formula is C19H23NO. The summed E-state index contributed by atoms with van der Waals surface area (Å²) in [5.74, 6) is 1.06. The van der Waals surface area contributed by atoms with Crippen molar-refractivity contribution in [3.8, 4) is 5.75 Å². The third-order valence-corrected chi connectivity index (χ3v) is 4.25. The molecule has 2 aromatic carbocycles. The molecule has 2 nitrogen and oxygen atoms in total. The smallest absolute Gasteiger partial charge is 0.122 e. The van der Waals surface area contributed by atoms with E-state index in [0.717, 1.165) is 31.7 Å². The molecule has 21 heavy (non-hydrogen) atoms. The van der Waals surface area contributed by atoms with E-state index in [1.54, 1.807) is 0 Å². The van der Waals surface area contributed by atoms with Crippen LogP contribution in [-0.2, 0) is 19.4 Å². The number of aryl methyl sites for hydroxylation is 1. The SMILES string of the molecule is CCc1ccc(C(C)NCc2ccc3c(c2)CCO3)cc1. The van der Waals surface area contributed by atoms with Crippen molar-refractivity contribution in [3.63, 3.8) is 0 Å². The van der Waals surface area contributed by atoms with Crippen molar-refractivity contribution in [1.82, 2.24) is 5.32 Å². The first-order valence-corrected chi connectivity index (χ1v) is 7.83. The third-order valence-electron chi connectivity index (χ3n) is 4.25. The van der Waals surface area contributed by atoms with Gasteiger partial charge in [0.25, 0.3) is 0 Å². The topological polar surface area (TPSA) is 21.3 Å². The largest absolute Gasteiger partial charge is 0.493 e. The second-order valence-electron chi connectivity index (χ2n) is 5.74. The van der Waals surface area contributed by atoms with Crippen molar-refractivity contribution in [1.29, 1.82) is 0 Å². The zero-order valence-electron chi connectivity index (χ0n) is 12.9. The van der Waals surface area contributed by atoms with Crippen LogP contribution in [0.2, 0.25) is 0 Å². The summed E-state index contributed by atoms with van der Waals surface area (Å²) in [6.45, 7) is 6.13. The van der Waals surface area contributed by atoms with Gasteiger partial charge in [0.15, 0.2) is 0 Å². The second-order valence-corrected chi connectivity index (χ2v) is 5.74. The summed E-state index contributed by atoms with van der Waals surface area (Å²) >= 11 is 0. The van der Waals surface area contributed by atoms with Crippen LogP contribution >= 0.6 is 0 Å². The lowest BCUT2D eigenvalue weighted by Gasteiger charge is -2.15. The molecule has 2 heteroatoms. The van der Waals surface area contributed by atoms with Crippen molar-refractivity contribution >= 4 is 0 Å². The number of rotatable bonds is 5. The van der Waals surface area contributed by atoms with E-state index < -0.39 is 0 Å². The highest BCUT2D eigenvalue weighted by Gasteiger charge is 2.12. The minimum absolute atomic E-state index is 0.361. The Morgan fingerprint density at radius 3 is 2.62 bits per heavy atom. The van der Waals surface area contributed by atoms with Crippen LogP contribution < -0.4 is 10.1 Å². The van der Waals surface area contributed by atoms with Gasteiger partial charge in [-0.2, -0.15) is 0 Å². The minimum atomic E-state index is 0.361. The molecular weight excluding hydrogens is 258 g/mol. The number of benzene rings is 2. The molecule has 1 unspecified atom stereocenters. The van der Waals surface area contributed by atoms with Crippen molar-refractivity contribution < 1.29 is 4.74 Å². The molecule has 1 atom stereocenters. The molecule has 1 N–H and O–H groups in total. The molecule has 3 rings (SSSR count). The Labute approximate surface area is 127 Å². The fraction of sp³-hybridized carbons (Fsp3) is 0.368. The molecule has 0 bridgehead atoms. The zero-order valence-corrected chi connectivity index (χ0v) is 12.9. The van der Waals surface area contributed by atoms with E-state index in [0.29, 0.717) is 6.04 Å². The Bertz CT molecular complexity index is 603. The fourth-order valence-electron chi connectivity index (χ4n) is 2.78. The van der Waals surface area contributed by atoms with Gasteiger partial charge < -0.3 is 10.1 Å². The van der Waals surface area contributed by atoms with Crippen LogP contribution in [0, 0.1) is 0 Å². The summed E-state index contributed by atoms with van der Waals surface area (Å²) in [6.07, 6.45) is 2.14. The molecule has 0 fully saturated rings. The summed E-state index contributed by atoms with van der Waals surface area (Å²) in [7, 11) is 0. The fourth-order valence-corrected chi connectivity index (χ4v) is 2.78. The van der Waals surface area contributed by atoms with Gasteiger partial charge in [0.2, 0.25) is 0 Å². The van der Waals surface area contributed by atoms with Crippen LogP contribution in [-0.4, -0.2) is 6.61 Å². The molecule has 0 saturated heterocycles. The van der Waals surface area contributed by atoms with Crippen molar-refractivity contribution in [2.24, 2.45) is 0 Å². The Balaban J connectivity index is 1.61. The summed E-state index contributed by atoms with van der Waals surface area (Å²) in [4.78, 5) is 0. The maximum absolute atomic E-state index is 5.55. The van der Waals surface area contributed by atoms with Crippen molar-refractivity contribution in [3.05, 3.63) is 64.7 Å². The van der Waals surface area contributed by atoms with E-state index in [9.17, 15) is 0 Å². The summed E-state index contributed by atoms with van der Waals surface area (Å²) < 4.78 is 5.55. The van der Waals surface area contributed by atoms with Gasteiger partial charge >= 0.3 is 0 Å². The lowest BCUT2D eigenvalue weighted by atomic mass is 10.0. The maximum atomic E-state index is 5.55. The quantitative estimate of drug-likeness (QED) is 0.893. The van der Waals surface area contributed by atoms with Gasteiger partial charge in [-0.05, 0) is 41.7 Å². The Morgan fingerprint density at radius 1 is 1.10 bits per heavy atom. The second kappa shape index (κ2) is 6.31. The third kappa shape index (κ3) is 3.27. The molecule has 0 aromatic heterocycles. The summed E-state index contributed by atoms with van der Waals surface area (Å²) in [5.41, 5.74) is 5.41. The predicted molar refractivity (Wildman–Crippen MR) is 86.7 cm³/mol. The first-order chi connectivity index (χ1) is 10.3. The first kappa shape index (κ1) is 14.2. The lowest BCUT2D eigenvalue weighted by molar-refractivity contribution is 0.357. The normalized spacial score (nSPS) is 14.6. The molecule has 0 radical (unpaired) electrons. The van der Waals surface area contributed by atoms with Gasteiger partial charge in [-0.1, -0.05) is 43.3 Å². The molecule has 2 aromatic rings. The number of ether oxygens (including phenoxy) is 1. The summed E-state index contributed by atoms with van der Waals surface area (Å²) in [5, 5.41) is 3.60. The molecule has 0 aliphatic carbocycles. The van der Waals surface area contributed by atoms with Crippen LogP contribution in [0.3, 0.4) is 0 Å². The Kier molecular flexibility index (Phi) is 4.26. The van der Waals surface area contributed by atoms with Crippen LogP contribution in [0.1, 0.15) is 42.1 Å². The molecule has 0 saturated carbocycles. The molecule has 0 spiro atoms. The number of hydrogen-bond donors (Lipinski definition) is 1. The van der Waals surface area contributed by atoms with Crippen molar-refractivity contribution in [2.75, 3.05) is 6.61 Å². The molecule has 1 aliphatic heterocycles. The molecule has 0 amide bonds. The van der Waals surface area contributed by atoms with E-state index in [1.165, 1.54) is 22.3 Å².